The van der Waals surface area contributed by atoms with Crippen LogP contribution in [0.5, 0.6) is 0 Å². The van der Waals surface area contributed by atoms with Crippen LogP contribution in [-0.4, -0.2) is 10.8 Å². The van der Waals surface area contributed by atoms with Crippen molar-refractivity contribution < 1.29 is 13.2 Å². The van der Waals surface area contributed by atoms with E-state index in [0.29, 0.717) is 5.69 Å². The normalized spacial score (nSPS) is 11.9. The monoisotopic (exact) mass is 371 g/mol. The summed E-state index contributed by atoms with van der Waals surface area (Å²) in [4.78, 5) is 0. The number of rotatable bonds is 4. The first-order valence-electron chi connectivity index (χ1n) is 8.48. The van der Waals surface area contributed by atoms with Crippen LogP contribution in [0.4, 0.5) is 18.9 Å². The van der Waals surface area contributed by atoms with Crippen LogP contribution in [0.2, 0.25) is 0 Å². The molecule has 0 bridgehead atoms. The third-order valence-electron chi connectivity index (χ3n) is 4.37. The number of nitrogens with one attached hydrogen (secondary N) is 1. The van der Waals surface area contributed by atoms with E-state index in [2.05, 4.69) is 39.4 Å². The predicted molar refractivity (Wildman–Crippen MR) is 103 cm³/mol. The number of nitrogens with zero attached hydrogens (tertiary/aromatic N) is 2. The zero-order valence-corrected chi connectivity index (χ0v) is 15.3. The molecule has 140 valence electrons. The van der Waals surface area contributed by atoms with Gasteiger partial charge in [0.05, 0.1) is 17.5 Å². The number of alkyl halides is 3. The molecule has 27 heavy (non-hydrogen) atoms. The molecule has 0 aliphatic heterocycles. The second kappa shape index (κ2) is 7.31. The fourth-order valence-corrected chi connectivity index (χ4v) is 2.92. The van der Waals surface area contributed by atoms with Crippen molar-refractivity contribution in [2.75, 3.05) is 5.43 Å². The van der Waals surface area contributed by atoms with Gasteiger partial charge in [-0.3, -0.25) is 5.43 Å². The number of aromatic nitrogens is 1. The van der Waals surface area contributed by atoms with E-state index in [1.807, 2.05) is 26.8 Å². The van der Waals surface area contributed by atoms with Gasteiger partial charge in [0.1, 0.15) is 0 Å². The molecular weight excluding hydrogens is 351 g/mol. The predicted octanol–water partition coefficient (Wildman–Crippen LogP) is 5.87. The first-order chi connectivity index (χ1) is 12.8. The van der Waals surface area contributed by atoms with E-state index < -0.39 is 11.7 Å². The molecule has 2 aromatic carbocycles. The molecular formula is C21H20F3N3. The smallest absolute Gasteiger partial charge is 0.318 e. The van der Waals surface area contributed by atoms with Gasteiger partial charge in [0.25, 0.3) is 0 Å². The lowest BCUT2D eigenvalue weighted by Crippen LogP contribution is -2.04. The highest BCUT2D eigenvalue weighted by atomic mass is 19.4. The van der Waals surface area contributed by atoms with Gasteiger partial charge in [-0.1, -0.05) is 17.7 Å². The van der Waals surface area contributed by atoms with Gasteiger partial charge in [-0.25, -0.2) is 0 Å². The zero-order chi connectivity index (χ0) is 19.6. The topological polar surface area (TPSA) is 29.3 Å². The Bertz CT molecular complexity index is 950. The summed E-state index contributed by atoms with van der Waals surface area (Å²) in [6, 6.07) is 15.1. The molecule has 1 aromatic heterocycles. The Morgan fingerprint density at radius 1 is 0.926 bits per heavy atom. The van der Waals surface area contributed by atoms with Crippen molar-refractivity contribution in [3.63, 3.8) is 0 Å². The average Bonchev–Trinajstić information content (AvgIpc) is 2.89. The number of hydrogen-bond donors (Lipinski definition) is 1. The summed E-state index contributed by atoms with van der Waals surface area (Å²) < 4.78 is 39.9. The highest BCUT2D eigenvalue weighted by molar-refractivity contribution is 5.82. The second-order valence-corrected chi connectivity index (χ2v) is 6.44. The van der Waals surface area contributed by atoms with Crippen LogP contribution in [0, 0.1) is 20.8 Å². The van der Waals surface area contributed by atoms with Crippen LogP contribution < -0.4 is 5.43 Å². The molecule has 0 spiro atoms. The molecule has 0 unspecified atom stereocenters. The van der Waals surface area contributed by atoms with Crippen molar-refractivity contribution >= 4 is 11.9 Å². The first-order valence-corrected chi connectivity index (χ1v) is 8.48. The molecule has 1 N–H and O–H groups in total. The Balaban J connectivity index is 1.76. The van der Waals surface area contributed by atoms with Gasteiger partial charge in [-0.2, -0.15) is 18.3 Å². The van der Waals surface area contributed by atoms with Gasteiger partial charge < -0.3 is 4.57 Å². The van der Waals surface area contributed by atoms with Crippen LogP contribution in [-0.2, 0) is 6.18 Å². The van der Waals surface area contributed by atoms with Gasteiger partial charge >= 0.3 is 6.18 Å². The zero-order valence-electron chi connectivity index (χ0n) is 15.3. The first kappa shape index (κ1) is 18.8. The fraction of sp³-hybridized carbons (Fsp3) is 0.190. The van der Waals surface area contributed by atoms with E-state index >= 15 is 0 Å². The molecule has 1 heterocycles. The maximum absolute atomic E-state index is 12.6. The standard InChI is InChI=1S/C21H20F3N3/c1-14-4-10-20(11-5-14)27-15(2)12-17(16(27)3)13-25-26-19-8-6-18(7-9-19)21(22,23)24/h4-13,26H,1-3H3/b25-13-. The largest absolute Gasteiger partial charge is 0.416 e. The lowest BCUT2D eigenvalue weighted by Gasteiger charge is -2.09. The second-order valence-electron chi connectivity index (χ2n) is 6.44. The Morgan fingerprint density at radius 2 is 1.56 bits per heavy atom. The van der Waals surface area contributed by atoms with Crippen LogP contribution in [0.3, 0.4) is 0 Å². The van der Waals surface area contributed by atoms with Gasteiger partial charge in [0.2, 0.25) is 0 Å². The maximum Gasteiger partial charge on any atom is 0.416 e. The van der Waals surface area contributed by atoms with E-state index in [-0.39, 0.29) is 0 Å². The van der Waals surface area contributed by atoms with Gasteiger partial charge in [0, 0.05) is 22.6 Å². The number of anilines is 1. The van der Waals surface area contributed by atoms with Crippen LogP contribution in [0.15, 0.2) is 59.7 Å². The highest BCUT2D eigenvalue weighted by Gasteiger charge is 2.29. The van der Waals surface area contributed by atoms with E-state index in [1.165, 1.54) is 17.7 Å². The quantitative estimate of drug-likeness (QED) is 0.451. The minimum atomic E-state index is -4.34. The maximum atomic E-state index is 12.6. The molecule has 0 radical (unpaired) electrons. The molecule has 3 rings (SSSR count). The highest BCUT2D eigenvalue weighted by Crippen LogP contribution is 2.29. The van der Waals surface area contributed by atoms with E-state index in [0.717, 1.165) is 34.8 Å². The Labute approximate surface area is 156 Å². The minimum Gasteiger partial charge on any atom is -0.318 e. The molecule has 3 aromatic rings. The number of benzene rings is 2. The minimum absolute atomic E-state index is 0.492. The molecule has 0 fully saturated rings. The number of halogens is 3. The summed E-state index contributed by atoms with van der Waals surface area (Å²) >= 11 is 0. The van der Waals surface area contributed by atoms with E-state index in [1.54, 1.807) is 6.21 Å². The Hall–Kier alpha value is -3.02. The summed E-state index contributed by atoms with van der Waals surface area (Å²) in [6.45, 7) is 6.07. The van der Waals surface area contributed by atoms with Gasteiger partial charge in [0.15, 0.2) is 0 Å². The van der Waals surface area contributed by atoms with Gasteiger partial charge in [-0.05, 0) is 63.2 Å². The third kappa shape index (κ3) is 4.22. The molecule has 0 saturated carbocycles. The molecule has 3 nitrogen and oxygen atoms in total. The van der Waals surface area contributed by atoms with Crippen molar-refractivity contribution in [1.82, 2.24) is 4.57 Å². The molecule has 0 aliphatic rings. The third-order valence-corrected chi connectivity index (χ3v) is 4.37. The SMILES string of the molecule is Cc1ccc(-n2c(C)cc(/C=N\Nc3ccc(C(F)(F)F)cc3)c2C)cc1. The Morgan fingerprint density at radius 3 is 2.15 bits per heavy atom. The van der Waals surface area contributed by atoms with Crippen molar-refractivity contribution in [2.24, 2.45) is 5.10 Å². The van der Waals surface area contributed by atoms with Crippen molar-refractivity contribution in [1.29, 1.82) is 0 Å². The molecule has 6 heteroatoms. The molecule has 0 aliphatic carbocycles. The number of hydrogen-bond acceptors (Lipinski definition) is 2. The average molecular weight is 371 g/mol. The van der Waals surface area contributed by atoms with Crippen LogP contribution in [0.1, 0.15) is 28.1 Å². The van der Waals surface area contributed by atoms with E-state index in [4.69, 9.17) is 0 Å². The summed E-state index contributed by atoms with van der Waals surface area (Å²) in [6.07, 6.45) is -2.67. The molecule has 0 atom stereocenters. The molecule has 0 amide bonds. The number of hydrazone groups is 1. The fourth-order valence-electron chi connectivity index (χ4n) is 2.92. The number of aryl methyl sites for hydroxylation is 2. The van der Waals surface area contributed by atoms with Crippen LogP contribution >= 0.6 is 0 Å². The Kier molecular flexibility index (Phi) is 5.08. The molecule has 0 saturated heterocycles. The van der Waals surface area contributed by atoms with Crippen molar-refractivity contribution in [3.8, 4) is 5.69 Å². The van der Waals surface area contributed by atoms with E-state index in [9.17, 15) is 13.2 Å². The van der Waals surface area contributed by atoms with Crippen molar-refractivity contribution in [3.05, 3.63) is 82.7 Å². The van der Waals surface area contributed by atoms with Crippen LogP contribution in [0.25, 0.3) is 5.69 Å². The van der Waals surface area contributed by atoms with Crippen molar-refractivity contribution in [2.45, 2.75) is 26.9 Å². The lowest BCUT2D eigenvalue weighted by molar-refractivity contribution is -0.137. The summed E-state index contributed by atoms with van der Waals surface area (Å²) in [5.41, 5.74) is 7.90. The summed E-state index contributed by atoms with van der Waals surface area (Å²) in [5.74, 6) is 0. The van der Waals surface area contributed by atoms with Gasteiger partial charge in [-0.15, -0.1) is 0 Å². The summed E-state index contributed by atoms with van der Waals surface area (Å²) in [7, 11) is 0. The lowest BCUT2D eigenvalue weighted by atomic mass is 10.2. The summed E-state index contributed by atoms with van der Waals surface area (Å²) in [5, 5.41) is 4.16.